The third-order valence-corrected chi connectivity index (χ3v) is 5.18. The fraction of sp³-hybridized carbons (Fsp3) is 0.250. The van der Waals surface area contributed by atoms with Crippen molar-refractivity contribution < 1.29 is 19.0 Å². The summed E-state index contributed by atoms with van der Waals surface area (Å²) >= 11 is 0. The predicted molar refractivity (Wildman–Crippen MR) is 107 cm³/mol. The molecule has 2 bridgehead atoms. The van der Waals surface area contributed by atoms with Gasteiger partial charge in [0.2, 0.25) is 0 Å². The SMILES string of the molecule is CC1=C2NOC(Nc3ccc4c(c3)OCCO4)(N=C1)N2c1ccc2c(c1)NCO2. The van der Waals surface area contributed by atoms with Crippen molar-refractivity contribution in [1.82, 2.24) is 5.48 Å². The summed E-state index contributed by atoms with van der Waals surface area (Å²) in [4.78, 5) is 12.6. The van der Waals surface area contributed by atoms with E-state index in [0.717, 1.165) is 40.0 Å². The molecular weight excluding hydrogens is 374 g/mol. The first-order valence-electron chi connectivity index (χ1n) is 9.41. The molecule has 0 amide bonds. The minimum absolute atomic E-state index is 0.466. The first-order chi connectivity index (χ1) is 14.2. The van der Waals surface area contributed by atoms with Crippen molar-refractivity contribution in [2.75, 3.05) is 35.5 Å². The normalized spacial score (nSPS) is 23.3. The summed E-state index contributed by atoms with van der Waals surface area (Å²) in [5, 5.41) is 6.62. The number of benzene rings is 2. The summed E-state index contributed by atoms with van der Waals surface area (Å²) in [5.41, 5.74) is 6.62. The molecular formula is C20H19N5O4. The molecule has 6 rings (SSSR count). The van der Waals surface area contributed by atoms with E-state index in [0.29, 0.717) is 25.7 Å². The molecule has 2 aromatic carbocycles. The number of hydrogen-bond donors (Lipinski definition) is 3. The minimum Gasteiger partial charge on any atom is -0.486 e. The highest BCUT2D eigenvalue weighted by Gasteiger charge is 2.49. The number of rotatable bonds is 3. The van der Waals surface area contributed by atoms with E-state index in [1.54, 1.807) is 6.21 Å². The first-order valence-corrected chi connectivity index (χ1v) is 9.41. The summed E-state index contributed by atoms with van der Waals surface area (Å²) < 4.78 is 16.9. The van der Waals surface area contributed by atoms with Crippen LogP contribution >= 0.6 is 0 Å². The van der Waals surface area contributed by atoms with Crippen LogP contribution in [0.2, 0.25) is 0 Å². The van der Waals surface area contributed by atoms with Gasteiger partial charge in [-0.05, 0) is 37.3 Å². The zero-order chi connectivity index (χ0) is 19.4. The molecule has 4 aliphatic heterocycles. The van der Waals surface area contributed by atoms with Gasteiger partial charge >= 0.3 is 5.97 Å². The van der Waals surface area contributed by atoms with E-state index in [9.17, 15) is 0 Å². The van der Waals surface area contributed by atoms with E-state index in [1.165, 1.54) is 0 Å². The third kappa shape index (κ3) is 2.47. The molecule has 148 valence electrons. The second kappa shape index (κ2) is 5.95. The number of nitrogens with zero attached hydrogens (tertiary/aromatic N) is 2. The summed E-state index contributed by atoms with van der Waals surface area (Å²) in [6.45, 7) is 3.53. The molecule has 2 aromatic rings. The van der Waals surface area contributed by atoms with Crippen LogP contribution in [0.4, 0.5) is 17.1 Å². The van der Waals surface area contributed by atoms with E-state index in [-0.39, 0.29) is 0 Å². The van der Waals surface area contributed by atoms with Crippen molar-refractivity contribution in [3.05, 3.63) is 47.8 Å². The largest absolute Gasteiger partial charge is 0.486 e. The monoisotopic (exact) mass is 393 g/mol. The van der Waals surface area contributed by atoms with E-state index >= 15 is 0 Å². The molecule has 0 spiro atoms. The third-order valence-electron chi connectivity index (χ3n) is 5.18. The van der Waals surface area contributed by atoms with Gasteiger partial charge in [-0.2, -0.15) is 0 Å². The van der Waals surface area contributed by atoms with Crippen molar-refractivity contribution >= 4 is 23.3 Å². The molecule has 1 saturated heterocycles. The number of allylic oxidation sites excluding steroid dienone is 1. The topological polar surface area (TPSA) is 88.6 Å². The van der Waals surface area contributed by atoms with Crippen LogP contribution in [0.25, 0.3) is 0 Å². The Morgan fingerprint density at radius 3 is 2.83 bits per heavy atom. The molecule has 0 aromatic heterocycles. The lowest BCUT2D eigenvalue weighted by Crippen LogP contribution is -2.51. The maximum absolute atomic E-state index is 5.95. The van der Waals surface area contributed by atoms with E-state index in [1.807, 2.05) is 48.2 Å². The Kier molecular flexibility index (Phi) is 3.36. The quantitative estimate of drug-likeness (QED) is 0.734. The van der Waals surface area contributed by atoms with Gasteiger partial charge in [0.1, 0.15) is 24.8 Å². The first kappa shape index (κ1) is 16.4. The maximum atomic E-state index is 5.95. The van der Waals surface area contributed by atoms with Crippen LogP contribution in [0, 0.1) is 0 Å². The number of fused-ring (bicyclic) bond motifs is 4. The number of hydroxylamine groups is 1. The van der Waals surface area contributed by atoms with E-state index < -0.39 is 5.97 Å². The number of ether oxygens (including phenoxy) is 3. The van der Waals surface area contributed by atoms with Crippen LogP contribution in [0.15, 0.2) is 52.8 Å². The van der Waals surface area contributed by atoms with Gasteiger partial charge in [-0.25, -0.2) is 15.3 Å². The molecule has 0 aliphatic carbocycles. The lowest BCUT2D eigenvalue weighted by atomic mass is 10.2. The number of hydrogen-bond acceptors (Lipinski definition) is 9. The van der Waals surface area contributed by atoms with Gasteiger partial charge in [0.15, 0.2) is 18.2 Å². The van der Waals surface area contributed by atoms with Crippen molar-refractivity contribution in [2.24, 2.45) is 4.99 Å². The van der Waals surface area contributed by atoms with Gasteiger partial charge in [0, 0.05) is 23.5 Å². The van der Waals surface area contributed by atoms with Crippen LogP contribution in [-0.4, -0.2) is 32.1 Å². The Morgan fingerprint density at radius 1 is 1.03 bits per heavy atom. The lowest BCUT2D eigenvalue weighted by molar-refractivity contribution is -0.0214. The zero-order valence-electron chi connectivity index (χ0n) is 15.7. The Balaban J connectivity index is 1.39. The molecule has 4 heterocycles. The van der Waals surface area contributed by atoms with E-state index in [4.69, 9.17) is 19.0 Å². The number of anilines is 3. The van der Waals surface area contributed by atoms with Crippen molar-refractivity contribution in [3.8, 4) is 17.2 Å². The molecule has 9 nitrogen and oxygen atoms in total. The van der Waals surface area contributed by atoms with Crippen LogP contribution in [-0.2, 0) is 4.84 Å². The standard InChI is InChI=1S/C20H19N5O4/c1-12-10-22-20(23-13-2-4-17-18(8-13)27-7-6-26-17)25(19(12)24-29-20)14-3-5-16-15(9-14)21-11-28-16/h2-5,8-10,21,23-24H,6-7,11H2,1H3. The maximum Gasteiger partial charge on any atom is 0.351 e. The fourth-order valence-corrected chi connectivity index (χ4v) is 3.79. The Labute approximate surface area is 166 Å². The minimum atomic E-state index is -1.17. The summed E-state index contributed by atoms with van der Waals surface area (Å²) in [7, 11) is 0. The average molecular weight is 393 g/mol. The highest BCUT2D eigenvalue weighted by molar-refractivity contribution is 5.85. The van der Waals surface area contributed by atoms with E-state index in [2.05, 4.69) is 21.1 Å². The second-order valence-electron chi connectivity index (χ2n) is 7.07. The number of nitrogens with one attached hydrogen (secondary N) is 3. The van der Waals surface area contributed by atoms with Crippen molar-refractivity contribution in [3.63, 3.8) is 0 Å². The summed E-state index contributed by atoms with van der Waals surface area (Å²) in [6.07, 6.45) is 1.80. The Bertz CT molecular complexity index is 1070. The Morgan fingerprint density at radius 2 is 1.90 bits per heavy atom. The molecule has 4 aliphatic rings. The van der Waals surface area contributed by atoms with Crippen molar-refractivity contribution in [2.45, 2.75) is 12.9 Å². The van der Waals surface area contributed by atoms with Gasteiger partial charge in [0.25, 0.3) is 0 Å². The number of aliphatic imine (C=N–C) groups is 1. The average Bonchev–Trinajstić information content (AvgIpc) is 3.32. The lowest BCUT2D eigenvalue weighted by Gasteiger charge is -2.36. The highest BCUT2D eigenvalue weighted by Crippen LogP contribution is 2.43. The van der Waals surface area contributed by atoms with Gasteiger partial charge in [-0.3, -0.25) is 4.90 Å². The highest BCUT2D eigenvalue weighted by atomic mass is 16.7. The zero-order valence-corrected chi connectivity index (χ0v) is 15.7. The van der Waals surface area contributed by atoms with Crippen LogP contribution in [0.1, 0.15) is 6.92 Å². The molecule has 1 fully saturated rings. The molecule has 1 unspecified atom stereocenters. The van der Waals surface area contributed by atoms with Gasteiger partial charge in [-0.1, -0.05) is 0 Å². The van der Waals surface area contributed by atoms with Crippen LogP contribution in [0.3, 0.4) is 0 Å². The van der Waals surface area contributed by atoms with Crippen LogP contribution in [0.5, 0.6) is 17.2 Å². The molecule has 0 saturated carbocycles. The smallest absolute Gasteiger partial charge is 0.351 e. The predicted octanol–water partition coefficient (Wildman–Crippen LogP) is 2.60. The molecule has 1 atom stereocenters. The summed E-state index contributed by atoms with van der Waals surface area (Å²) in [5.74, 6) is 1.90. The summed E-state index contributed by atoms with van der Waals surface area (Å²) in [6, 6.07) is 11.6. The Hall–Kier alpha value is -3.59. The van der Waals surface area contributed by atoms with Gasteiger partial charge in [0.05, 0.1) is 11.4 Å². The molecule has 9 heteroatoms. The van der Waals surface area contributed by atoms with Crippen LogP contribution < -0.4 is 35.2 Å². The molecule has 3 N–H and O–H groups in total. The molecule has 0 radical (unpaired) electrons. The van der Waals surface area contributed by atoms with Gasteiger partial charge < -0.3 is 24.8 Å². The fourth-order valence-electron chi connectivity index (χ4n) is 3.79. The second-order valence-corrected chi connectivity index (χ2v) is 7.07. The van der Waals surface area contributed by atoms with Gasteiger partial charge in [-0.15, -0.1) is 0 Å². The van der Waals surface area contributed by atoms with Crippen molar-refractivity contribution in [1.29, 1.82) is 0 Å². The molecule has 29 heavy (non-hydrogen) atoms.